The highest BCUT2D eigenvalue weighted by atomic mass is 32.1. The maximum atomic E-state index is 11.9. The van der Waals surface area contributed by atoms with Crippen LogP contribution in [0.5, 0.6) is 0 Å². The van der Waals surface area contributed by atoms with Gasteiger partial charge < -0.3 is 4.74 Å². The summed E-state index contributed by atoms with van der Waals surface area (Å²) in [5, 5.41) is -4.44. The van der Waals surface area contributed by atoms with E-state index < -0.39 is 24.4 Å². The van der Waals surface area contributed by atoms with Gasteiger partial charge in [0, 0.05) is 0 Å². The van der Waals surface area contributed by atoms with Gasteiger partial charge in [0.25, 0.3) is 0 Å². The molecule has 0 fully saturated rings. The van der Waals surface area contributed by atoms with Crippen LogP contribution in [0.15, 0.2) is 0 Å². The summed E-state index contributed by atoms with van der Waals surface area (Å²) in [6, 6.07) is 0. The molecule has 0 radical (unpaired) electrons. The minimum atomic E-state index is -5.34. The Morgan fingerprint density at radius 2 is 1.58 bits per heavy atom. The molecular weight excluding hydrogens is 210 g/mol. The van der Waals surface area contributed by atoms with Gasteiger partial charge in [-0.1, -0.05) is 0 Å². The predicted octanol–water partition coefficient (Wildman–Crippen LogP) is 2.38. The zero-order chi connectivity index (χ0) is 9.99. The van der Waals surface area contributed by atoms with E-state index in [9.17, 15) is 26.3 Å². The summed E-state index contributed by atoms with van der Waals surface area (Å²) in [6.45, 7) is -1.94. The fourth-order valence-electron chi connectivity index (χ4n) is 0.455. The van der Waals surface area contributed by atoms with Crippen molar-refractivity contribution in [3.8, 4) is 0 Å². The lowest BCUT2D eigenvalue weighted by Crippen LogP contribution is -2.43. The van der Waals surface area contributed by atoms with Crippen LogP contribution in [0, 0.1) is 0 Å². The van der Waals surface area contributed by atoms with Gasteiger partial charge in [-0.25, -0.2) is 4.39 Å². The molecule has 0 amide bonds. The van der Waals surface area contributed by atoms with E-state index in [-0.39, 0.29) is 0 Å². The first-order valence-electron chi connectivity index (χ1n) is 2.54. The zero-order valence-corrected chi connectivity index (χ0v) is 6.30. The third-order valence-corrected chi connectivity index (χ3v) is 1.08. The monoisotopic (exact) mass is 214 g/mol. The molecule has 0 saturated carbocycles. The Morgan fingerprint density at radius 3 is 1.67 bits per heavy atom. The van der Waals surface area contributed by atoms with E-state index in [4.69, 9.17) is 0 Å². The smallest absolute Gasteiger partial charge is 0.330 e. The van der Waals surface area contributed by atoms with Crippen molar-refractivity contribution in [1.29, 1.82) is 0 Å². The van der Waals surface area contributed by atoms with E-state index in [0.717, 1.165) is 0 Å². The highest BCUT2D eigenvalue weighted by Gasteiger charge is 2.55. The second kappa shape index (κ2) is 3.73. The van der Waals surface area contributed by atoms with Crippen molar-refractivity contribution in [3.05, 3.63) is 0 Å². The SMILES string of the molecule is FCOC(C(F)(F)F)C(F)(F)S. The Kier molecular flexibility index (Phi) is 3.70. The molecule has 12 heavy (non-hydrogen) atoms. The number of hydrogen-bond donors (Lipinski definition) is 1. The van der Waals surface area contributed by atoms with Crippen LogP contribution in [-0.2, 0) is 4.74 Å². The molecule has 1 atom stereocenters. The van der Waals surface area contributed by atoms with Crippen molar-refractivity contribution in [3.63, 3.8) is 0 Å². The summed E-state index contributed by atoms with van der Waals surface area (Å²) < 4.78 is 73.0. The van der Waals surface area contributed by atoms with Gasteiger partial charge in [0.2, 0.25) is 6.10 Å². The molecule has 0 aromatic carbocycles. The Morgan fingerprint density at radius 1 is 1.17 bits per heavy atom. The maximum absolute atomic E-state index is 11.9. The van der Waals surface area contributed by atoms with Crippen molar-refractivity contribution >= 4 is 12.6 Å². The second-order valence-electron chi connectivity index (χ2n) is 1.79. The van der Waals surface area contributed by atoms with Crippen LogP contribution >= 0.6 is 12.6 Å². The van der Waals surface area contributed by atoms with E-state index in [1.807, 2.05) is 0 Å². The van der Waals surface area contributed by atoms with Crippen LogP contribution in [-0.4, -0.2) is 24.4 Å². The molecule has 0 aromatic heterocycles. The zero-order valence-electron chi connectivity index (χ0n) is 5.41. The van der Waals surface area contributed by atoms with Gasteiger partial charge in [-0.05, 0) is 0 Å². The molecule has 1 unspecified atom stereocenters. The molecule has 0 rings (SSSR count). The van der Waals surface area contributed by atoms with Crippen LogP contribution in [0.1, 0.15) is 0 Å². The van der Waals surface area contributed by atoms with Gasteiger partial charge in [-0.15, -0.1) is 12.6 Å². The Hall–Kier alpha value is -0.110. The molecule has 0 aliphatic rings. The molecule has 1 nitrogen and oxygen atoms in total. The largest absolute Gasteiger partial charge is 0.421 e. The maximum Gasteiger partial charge on any atom is 0.421 e. The third-order valence-electron chi connectivity index (χ3n) is 0.842. The minimum absolute atomic E-state index is 1.94. The van der Waals surface area contributed by atoms with E-state index in [2.05, 4.69) is 17.4 Å². The van der Waals surface area contributed by atoms with E-state index in [1.54, 1.807) is 0 Å². The van der Waals surface area contributed by atoms with E-state index in [1.165, 1.54) is 0 Å². The van der Waals surface area contributed by atoms with Gasteiger partial charge in [-0.3, -0.25) is 0 Å². The number of ether oxygens (including phenoxy) is 1. The van der Waals surface area contributed by atoms with Crippen LogP contribution in [0.4, 0.5) is 26.3 Å². The van der Waals surface area contributed by atoms with Gasteiger partial charge in [0.05, 0.1) is 0 Å². The minimum Gasteiger partial charge on any atom is -0.330 e. The normalized spacial score (nSPS) is 16.2. The summed E-state index contributed by atoms with van der Waals surface area (Å²) in [5.41, 5.74) is 0. The van der Waals surface area contributed by atoms with Gasteiger partial charge in [-0.2, -0.15) is 22.0 Å². The van der Waals surface area contributed by atoms with Crippen molar-refractivity contribution in [2.75, 3.05) is 6.86 Å². The standard InChI is InChI=1S/C4H4F6OS/c5-1-11-2(3(6,7)8)4(9,10)12/h2,12H,1H2. The average Bonchev–Trinajstić information content (AvgIpc) is 1.77. The Balaban J connectivity index is 4.45. The second-order valence-corrected chi connectivity index (χ2v) is 2.38. The van der Waals surface area contributed by atoms with Crippen molar-refractivity contribution in [2.24, 2.45) is 0 Å². The molecule has 0 N–H and O–H groups in total. The van der Waals surface area contributed by atoms with Gasteiger partial charge in [0.1, 0.15) is 0 Å². The first-order chi connectivity index (χ1) is 5.19. The quantitative estimate of drug-likeness (QED) is 0.560. The fraction of sp³-hybridized carbons (Fsp3) is 1.00. The molecule has 8 heteroatoms. The summed E-state index contributed by atoms with van der Waals surface area (Å²) >= 11 is 2.33. The molecule has 0 heterocycles. The molecule has 0 saturated heterocycles. The highest BCUT2D eigenvalue weighted by Crippen LogP contribution is 2.36. The van der Waals surface area contributed by atoms with Crippen molar-refractivity contribution in [2.45, 2.75) is 17.5 Å². The Labute approximate surface area is 69.1 Å². The number of rotatable bonds is 3. The first kappa shape index (κ1) is 11.9. The van der Waals surface area contributed by atoms with Crippen molar-refractivity contribution < 1.29 is 31.1 Å². The number of hydrogen-bond acceptors (Lipinski definition) is 2. The fourth-order valence-corrected chi connectivity index (χ4v) is 0.676. The summed E-state index contributed by atoms with van der Waals surface area (Å²) in [5.74, 6) is 0. The topological polar surface area (TPSA) is 9.23 Å². The third kappa shape index (κ3) is 3.53. The van der Waals surface area contributed by atoms with Crippen molar-refractivity contribution in [1.82, 2.24) is 0 Å². The first-order valence-corrected chi connectivity index (χ1v) is 2.98. The summed E-state index contributed by atoms with van der Waals surface area (Å²) in [6.07, 6.45) is -8.85. The molecule has 0 aliphatic carbocycles. The lowest BCUT2D eigenvalue weighted by Gasteiger charge is -2.23. The molecule has 0 aliphatic heterocycles. The number of thiol groups is 1. The van der Waals surface area contributed by atoms with E-state index in [0.29, 0.717) is 0 Å². The molecule has 74 valence electrons. The van der Waals surface area contributed by atoms with Crippen LogP contribution < -0.4 is 0 Å². The average molecular weight is 214 g/mol. The molecule has 0 spiro atoms. The van der Waals surface area contributed by atoms with Gasteiger partial charge >= 0.3 is 11.4 Å². The van der Waals surface area contributed by atoms with Crippen LogP contribution in [0.25, 0.3) is 0 Å². The summed E-state index contributed by atoms with van der Waals surface area (Å²) in [4.78, 5) is 0. The predicted molar refractivity (Wildman–Crippen MR) is 30.8 cm³/mol. The van der Waals surface area contributed by atoms with Crippen LogP contribution in [0.3, 0.4) is 0 Å². The molecule has 0 aromatic rings. The Bertz CT molecular complexity index is 125. The lowest BCUT2D eigenvalue weighted by atomic mass is 10.3. The lowest BCUT2D eigenvalue weighted by molar-refractivity contribution is -0.269. The number of halogens is 6. The number of alkyl halides is 6. The molecular formula is C4H4F6OS. The highest BCUT2D eigenvalue weighted by molar-refractivity contribution is 7.81. The van der Waals surface area contributed by atoms with Crippen LogP contribution in [0.2, 0.25) is 0 Å². The van der Waals surface area contributed by atoms with Gasteiger partial charge in [0.15, 0.2) is 6.86 Å². The summed E-state index contributed by atoms with van der Waals surface area (Å²) in [7, 11) is 0. The molecule has 0 bridgehead atoms. The van der Waals surface area contributed by atoms with E-state index >= 15 is 0 Å².